The summed E-state index contributed by atoms with van der Waals surface area (Å²) in [5.74, 6) is -1.53. The lowest BCUT2D eigenvalue weighted by molar-refractivity contribution is -0.136. The third-order valence-corrected chi connectivity index (χ3v) is 6.16. The van der Waals surface area contributed by atoms with Gasteiger partial charge >= 0.3 is 11.9 Å². The number of anilines is 2. The van der Waals surface area contributed by atoms with Crippen LogP contribution >= 0.6 is 46.4 Å². The summed E-state index contributed by atoms with van der Waals surface area (Å²) in [6, 6.07) is 7.84. The Morgan fingerprint density at radius 1 is 0.846 bits per heavy atom. The molecule has 1 aromatic heterocycles. The lowest BCUT2D eigenvalue weighted by atomic mass is 10.1. The van der Waals surface area contributed by atoms with Crippen molar-refractivity contribution in [3.05, 3.63) is 67.9 Å². The summed E-state index contributed by atoms with van der Waals surface area (Å²) in [7, 11) is 0. The number of carboxylic acids is 2. The molecule has 0 amide bonds. The van der Waals surface area contributed by atoms with Crippen LogP contribution in [0.5, 0.6) is 11.5 Å². The highest BCUT2D eigenvalue weighted by atomic mass is 35.5. The molecule has 0 radical (unpaired) electrons. The van der Waals surface area contributed by atoms with Gasteiger partial charge in [-0.25, -0.2) is 4.79 Å². The predicted molar refractivity (Wildman–Crippen MR) is 148 cm³/mol. The third kappa shape index (κ3) is 9.29. The second-order valence-corrected chi connectivity index (χ2v) is 9.57. The van der Waals surface area contributed by atoms with E-state index in [0.29, 0.717) is 53.1 Å². The molecular weight excluding hydrogens is 596 g/mol. The van der Waals surface area contributed by atoms with Gasteiger partial charge in [0.25, 0.3) is 0 Å². The molecule has 0 aliphatic rings. The summed E-state index contributed by atoms with van der Waals surface area (Å²) >= 11 is 25.1. The molecule has 3 aromatic rings. The molecule has 0 saturated carbocycles. The number of aryl methyl sites for hydroxylation is 1. The summed E-state index contributed by atoms with van der Waals surface area (Å²) in [6.07, 6.45) is 2.21. The highest BCUT2D eigenvalue weighted by Gasteiger charge is 2.15. The molecule has 0 aliphatic carbocycles. The smallest absolute Gasteiger partial charge is 0.358 e. The molecule has 0 bridgehead atoms. The number of nitrogens with zero attached hydrogens (tertiary/aromatic N) is 2. The first kappa shape index (κ1) is 30.5. The summed E-state index contributed by atoms with van der Waals surface area (Å²) < 4.78 is 16.9. The van der Waals surface area contributed by atoms with E-state index in [1.54, 1.807) is 24.3 Å². The van der Waals surface area contributed by atoms with E-state index >= 15 is 0 Å². The van der Waals surface area contributed by atoms with E-state index in [9.17, 15) is 14.7 Å². The van der Waals surface area contributed by atoms with E-state index in [1.165, 1.54) is 12.3 Å². The van der Waals surface area contributed by atoms with Crippen LogP contribution in [-0.4, -0.2) is 58.8 Å². The van der Waals surface area contributed by atoms with Crippen molar-refractivity contribution in [1.82, 2.24) is 10.2 Å². The predicted octanol–water partition coefficient (Wildman–Crippen LogP) is 6.41. The van der Waals surface area contributed by atoms with Crippen molar-refractivity contribution >= 4 is 69.7 Å². The van der Waals surface area contributed by atoms with Gasteiger partial charge in [-0.05, 0) is 42.3 Å². The van der Waals surface area contributed by atoms with Gasteiger partial charge in [0.05, 0.1) is 45.2 Å². The molecule has 3 rings (SSSR count). The van der Waals surface area contributed by atoms with Crippen LogP contribution in [0.3, 0.4) is 0 Å². The minimum Gasteiger partial charge on any atom is -0.490 e. The number of hydrogen-bond acceptors (Lipinski definition) is 8. The van der Waals surface area contributed by atoms with E-state index in [2.05, 4.69) is 15.5 Å². The average Bonchev–Trinajstić information content (AvgIpc) is 2.87. The van der Waals surface area contributed by atoms with Gasteiger partial charge in [-0.1, -0.05) is 46.4 Å². The monoisotopic (exact) mass is 617 g/mol. The molecule has 0 unspecified atom stereocenters. The zero-order chi connectivity index (χ0) is 28.4. The molecule has 14 heteroatoms. The van der Waals surface area contributed by atoms with Crippen LogP contribution in [0.2, 0.25) is 20.1 Å². The first-order valence-corrected chi connectivity index (χ1v) is 13.0. The number of aromatic carboxylic acids is 1. The average molecular weight is 619 g/mol. The largest absolute Gasteiger partial charge is 0.490 e. The maximum absolute atomic E-state index is 11.3. The molecule has 0 saturated heterocycles. The standard InChI is InChI=1S/C25H23Cl4N3O7/c26-16-10-14(2-3-21(33)34)11-17(27)23(16)38-7-1-6-37-8-9-39-24-18(28)12-15(13-19(24)29)31-20-4-5-30-32-22(20)25(35)36/h4-5,10-13H,1-3,6-9H2,(H,30,31)(H,33,34)(H,35,36). The second kappa shape index (κ2) is 14.9. The maximum atomic E-state index is 11.3. The van der Waals surface area contributed by atoms with Crippen LogP contribution in [-0.2, 0) is 16.0 Å². The number of nitrogens with one attached hydrogen (secondary N) is 1. The number of hydrogen-bond donors (Lipinski definition) is 3. The van der Waals surface area contributed by atoms with Crippen molar-refractivity contribution in [2.45, 2.75) is 19.3 Å². The van der Waals surface area contributed by atoms with Gasteiger partial charge in [-0.2, -0.15) is 5.10 Å². The molecule has 0 spiro atoms. The molecule has 1 heterocycles. The third-order valence-electron chi connectivity index (χ3n) is 5.04. The van der Waals surface area contributed by atoms with Crippen molar-refractivity contribution in [3.63, 3.8) is 0 Å². The minimum atomic E-state index is -1.23. The fraction of sp³-hybridized carbons (Fsp3) is 0.280. The lowest BCUT2D eigenvalue weighted by Gasteiger charge is -2.14. The van der Waals surface area contributed by atoms with E-state index in [-0.39, 0.29) is 46.8 Å². The Balaban J connectivity index is 1.40. The number of rotatable bonds is 15. The number of aromatic nitrogens is 2. The van der Waals surface area contributed by atoms with Gasteiger partial charge in [-0.3, -0.25) is 4.79 Å². The summed E-state index contributed by atoms with van der Waals surface area (Å²) in [5, 5.41) is 29.2. The Labute approximate surface area is 243 Å². The van der Waals surface area contributed by atoms with Crippen molar-refractivity contribution in [2.24, 2.45) is 0 Å². The van der Waals surface area contributed by atoms with E-state index in [1.807, 2.05) is 0 Å². The number of ether oxygens (including phenoxy) is 3. The molecule has 39 heavy (non-hydrogen) atoms. The van der Waals surface area contributed by atoms with Crippen LogP contribution in [0.1, 0.15) is 28.9 Å². The van der Waals surface area contributed by atoms with Crippen LogP contribution < -0.4 is 14.8 Å². The van der Waals surface area contributed by atoms with E-state index in [0.717, 1.165) is 0 Å². The number of halogens is 4. The second-order valence-electron chi connectivity index (χ2n) is 7.94. The molecular formula is C25H23Cl4N3O7. The quantitative estimate of drug-likeness (QED) is 0.164. The molecule has 10 nitrogen and oxygen atoms in total. The van der Waals surface area contributed by atoms with Crippen molar-refractivity contribution in [3.8, 4) is 11.5 Å². The van der Waals surface area contributed by atoms with Crippen LogP contribution in [0.15, 0.2) is 36.5 Å². The SMILES string of the molecule is O=C(O)CCc1cc(Cl)c(OCCCOCCOc2c(Cl)cc(Nc3ccnnc3C(=O)O)cc2Cl)c(Cl)c1. The van der Waals surface area contributed by atoms with Crippen molar-refractivity contribution < 1.29 is 34.0 Å². The topological polar surface area (TPSA) is 140 Å². The van der Waals surface area contributed by atoms with Crippen LogP contribution in [0, 0.1) is 0 Å². The summed E-state index contributed by atoms with van der Waals surface area (Å²) in [5.41, 5.74) is 1.14. The fourth-order valence-corrected chi connectivity index (χ4v) is 4.54. The molecule has 2 aromatic carbocycles. The van der Waals surface area contributed by atoms with Gasteiger partial charge in [-0.15, -0.1) is 5.10 Å². The number of benzene rings is 2. The first-order chi connectivity index (χ1) is 18.7. The molecule has 0 fully saturated rings. The summed E-state index contributed by atoms with van der Waals surface area (Å²) in [6.45, 7) is 1.13. The molecule has 208 valence electrons. The molecule has 3 N–H and O–H groups in total. The highest BCUT2D eigenvalue weighted by molar-refractivity contribution is 6.38. The van der Waals surface area contributed by atoms with Gasteiger partial charge in [0.1, 0.15) is 6.61 Å². The zero-order valence-corrected chi connectivity index (χ0v) is 23.3. The Morgan fingerprint density at radius 2 is 1.46 bits per heavy atom. The Morgan fingerprint density at radius 3 is 2.08 bits per heavy atom. The van der Waals surface area contributed by atoms with E-state index in [4.69, 9.17) is 65.7 Å². The fourth-order valence-electron chi connectivity index (χ4n) is 3.30. The lowest BCUT2D eigenvalue weighted by Crippen LogP contribution is -2.10. The van der Waals surface area contributed by atoms with Crippen LogP contribution in [0.4, 0.5) is 11.4 Å². The number of carboxylic acid groups (broad SMARTS) is 2. The minimum absolute atomic E-state index is 0.0194. The van der Waals surface area contributed by atoms with Crippen molar-refractivity contribution in [1.29, 1.82) is 0 Å². The van der Waals surface area contributed by atoms with Gasteiger partial charge in [0, 0.05) is 25.1 Å². The number of carbonyl (C=O) groups is 2. The first-order valence-electron chi connectivity index (χ1n) is 11.5. The Bertz CT molecular complexity index is 1280. The van der Waals surface area contributed by atoms with Crippen molar-refractivity contribution in [2.75, 3.05) is 31.7 Å². The van der Waals surface area contributed by atoms with Crippen LogP contribution in [0.25, 0.3) is 0 Å². The summed E-state index contributed by atoms with van der Waals surface area (Å²) in [4.78, 5) is 22.0. The maximum Gasteiger partial charge on any atom is 0.358 e. The Kier molecular flexibility index (Phi) is 11.7. The molecule has 0 atom stereocenters. The highest BCUT2D eigenvalue weighted by Crippen LogP contribution is 2.37. The zero-order valence-electron chi connectivity index (χ0n) is 20.3. The number of aliphatic carboxylic acids is 1. The van der Waals surface area contributed by atoms with E-state index < -0.39 is 11.9 Å². The van der Waals surface area contributed by atoms with Gasteiger partial charge in [0.2, 0.25) is 0 Å². The van der Waals surface area contributed by atoms with Gasteiger partial charge in [0.15, 0.2) is 17.2 Å². The van der Waals surface area contributed by atoms with Gasteiger partial charge < -0.3 is 29.7 Å². The Hall–Kier alpha value is -3.02. The normalized spacial score (nSPS) is 10.8. The molecule has 0 aliphatic heterocycles.